The zero-order valence-corrected chi connectivity index (χ0v) is 37.8. The van der Waals surface area contributed by atoms with Gasteiger partial charge in [-0.25, -0.2) is 4.79 Å². The number of hydrogen-bond donors (Lipinski definition) is 12. The second-order valence-corrected chi connectivity index (χ2v) is 17.5. The molecule has 0 aromatic heterocycles. The molecule has 1 aliphatic rings. The summed E-state index contributed by atoms with van der Waals surface area (Å²) in [6, 6.07) is 8.46. The van der Waals surface area contributed by atoms with E-state index in [1.54, 1.807) is 60.7 Å². The molecule has 16 N–H and O–H groups in total. The van der Waals surface area contributed by atoms with Gasteiger partial charge in [-0.1, -0.05) is 82.3 Å². The molecule has 65 heavy (non-hydrogen) atoms. The van der Waals surface area contributed by atoms with Crippen LogP contribution in [0, 0.1) is 0 Å². The van der Waals surface area contributed by atoms with E-state index in [1.165, 1.54) is 13.8 Å². The van der Waals surface area contributed by atoms with Crippen molar-refractivity contribution in [1.82, 2.24) is 37.2 Å². The summed E-state index contributed by atoms with van der Waals surface area (Å²) < 4.78 is 0. The van der Waals surface area contributed by atoms with Crippen molar-refractivity contribution in [3.63, 3.8) is 0 Å². The van der Waals surface area contributed by atoms with Crippen LogP contribution in [0.5, 0.6) is 0 Å². The smallest absolute Gasteiger partial charge is 0.327 e. The summed E-state index contributed by atoms with van der Waals surface area (Å²) in [5, 5.41) is 28.4. The van der Waals surface area contributed by atoms with Crippen molar-refractivity contribution in [2.24, 2.45) is 32.9 Å². The van der Waals surface area contributed by atoms with Crippen molar-refractivity contribution in [2.75, 3.05) is 24.6 Å². The Morgan fingerprint density at radius 2 is 1.18 bits per heavy atom. The van der Waals surface area contributed by atoms with Gasteiger partial charge < -0.3 is 65.3 Å². The number of amides is 7. The van der Waals surface area contributed by atoms with E-state index in [4.69, 9.17) is 22.9 Å². The monoisotopic (exact) mass is 941 g/mol. The molecule has 0 radical (unpaired) electrons. The van der Waals surface area contributed by atoms with Crippen LogP contribution >= 0.6 is 21.6 Å². The van der Waals surface area contributed by atoms with E-state index < -0.39 is 89.6 Å². The van der Waals surface area contributed by atoms with E-state index in [2.05, 4.69) is 47.2 Å². The minimum Gasteiger partial charge on any atom is -0.480 e. The molecule has 7 atom stereocenters. The van der Waals surface area contributed by atoms with Gasteiger partial charge in [0.15, 0.2) is 11.9 Å². The fraction of sp³-hybridized carbons (Fsp3) is 0.463. The Balaban J connectivity index is 1.98. The number of nitrogens with zero attached hydrogens (tertiary/aromatic N) is 2. The molecule has 2 aromatic rings. The van der Waals surface area contributed by atoms with Crippen molar-refractivity contribution in [1.29, 1.82) is 0 Å². The zero-order valence-electron chi connectivity index (χ0n) is 36.1. The fourth-order valence-electron chi connectivity index (χ4n) is 6.26. The average molecular weight is 942 g/mol. The molecule has 7 amide bonds. The summed E-state index contributed by atoms with van der Waals surface area (Å²) >= 11 is 0. The molecular formula is C41H59N13O9S2. The van der Waals surface area contributed by atoms with Crippen molar-refractivity contribution in [3.05, 3.63) is 71.8 Å². The Kier molecular flexibility index (Phi) is 22.4. The minimum atomic E-state index is -1.45. The number of carbonyl (C=O) groups is 8. The van der Waals surface area contributed by atoms with Gasteiger partial charge in [0.2, 0.25) is 41.4 Å². The first-order chi connectivity index (χ1) is 30.9. The summed E-state index contributed by atoms with van der Waals surface area (Å²) in [4.78, 5) is 115. The first-order valence-corrected chi connectivity index (χ1v) is 23.2. The highest BCUT2D eigenvalue weighted by atomic mass is 33.1. The van der Waals surface area contributed by atoms with Crippen molar-refractivity contribution >= 4 is 80.8 Å². The lowest BCUT2D eigenvalue weighted by Crippen LogP contribution is -2.60. The van der Waals surface area contributed by atoms with Crippen LogP contribution in [0.25, 0.3) is 0 Å². The van der Waals surface area contributed by atoms with Crippen LogP contribution in [0.1, 0.15) is 50.7 Å². The van der Waals surface area contributed by atoms with Gasteiger partial charge in [-0.2, -0.15) is 0 Å². The Bertz CT molecular complexity index is 2010. The number of aliphatic carboxylic acids is 1. The molecule has 1 heterocycles. The first kappa shape index (κ1) is 52.8. The molecular weight excluding hydrogens is 883 g/mol. The Morgan fingerprint density at radius 1 is 0.692 bits per heavy atom. The minimum absolute atomic E-state index is 0.0182. The van der Waals surface area contributed by atoms with Crippen molar-refractivity contribution in [3.8, 4) is 0 Å². The molecule has 0 saturated carbocycles. The number of carboxylic acids is 1. The molecule has 0 bridgehead atoms. The lowest BCUT2D eigenvalue weighted by atomic mass is 10.0. The Morgan fingerprint density at radius 3 is 1.71 bits per heavy atom. The number of rotatable bonds is 18. The molecule has 22 nitrogen and oxygen atoms in total. The summed E-state index contributed by atoms with van der Waals surface area (Å²) in [7, 11) is 1.98. The summed E-state index contributed by atoms with van der Waals surface area (Å²) in [5.74, 6) is -7.28. The quantitative estimate of drug-likeness (QED) is 0.0318. The van der Waals surface area contributed by atoms with Crippen LogP contribution in [-0.4, -0.2) is 131 Å². The van der Waals surface area contributed by atoms with Crippen molar-refractivity contribution < 1.29 is 43.5 Å². The average Bonchev–Trinajstić information content (AvgIpc) is 3.25. The van der Waals surface area contributed by atoms with Gasteiger partial charge in [0.1, 0.15) is 42.3 Å². The highest BCUT2D eigenvalue weighted by Gasteiger charge is 2.34. The van der Waals surface area contributed by atoms with Crippen LogP contribution < -0.4 is 60.2 Å². The summed E-state index contributed by atoms with van der Waals surface area (Å²) in [6.45, 7) is 2.84. The topological polar surface area (TPSA) is 370 Å². The molecule has 1 saturated heterocycles. The maximum absolute atomic E-state index is 14.2. The lowest BCUT2D eigenvalue weighted by Gasteiger charge is -2.27. The predicted molar refractivity (Wildman–Crippen MR) is 248 cm³/mol. The molecule has 1 aliphatic heterocycles. The van der Waals surface area contributed by atoms with Crippen LogP contribution in [0.4, 0.5) is 0 Å². The third-order valence-electron chi connectivity index (χ3n) is 9.60. The van der Waals surface area contributed by atoms with Crippen LogP contribution in [-0.2, 0) is 51.2 Å². The number of carbonyl (C=O) groups excluding carboxylic acids is 7. The van der Waals surface area contributed by atoms with Crippen LogP contribution in [0.2, 0.25) is 0 Å². The number of benzene rings is 2. The Labute approximate surface area is 384 Å². The molecule has 0 aliphatic carbocycles. The largest absolute Gasteiger partial charge is 0.480 e. The molecule has 0 spiro atoms. The zero-order chi connectivity index (χ0) is 47.9. The van der Waals surface area contributed by atoms with E-state index in [1.807, 2.05) is 0 Å². The van der Waals surface area contributed by atoms with Gasteiger partial charge in [-0.3, -0.25) is 43.5 Å². The predicted octanol–water partition coefficient (Wildman–Crippen LogP) is -2.51. The van der Waals surface area contributed by atoms with E-state index in [0.29, 0.717) is 17.5 Å². The van der Waals surface area contributed by atoms with Gasteiger partial charge in [0.05, 0.1) is 0 Å². The number of nitrogens with one attached hydrogen (secondary N) is 7. The summed E-state index contributed by atoms with van der Waals surface area (Å²) in [6.07, 6.45) is 0.535. The molecule has 3 rings (SSSR count). The number of carboxylic acid groups (broad SMARTS) is 1. The number of aliphatic imine (C=N–C) groups is 2. The number of hydrogen-bond acceptors (Lipinski definition) is 12. The van der Waals surface area contributed by atoms with Crippen molar-refractivity contribution in [2.45, 2.75) is 94.7 Å². The molecule has 0 unspecified atom stereocenters. The van der Waals surface area contributed by atoms with Gasteiger partial charge in [-0.15, -0.1) is 0 Å². The van der Waals surface area contributed by atoms with E-state index in [0.717, 1.165) is 21.6 Å². The maximum atomic E-state index is 14.2. The van der Waals surface area contributed by atoms with E-state index >= 15 is 0 Å². The van der Waals surface area contributed by atoms with Gasteiger partial charge >= 0.3 is 5.97 Å². The fourth-order valence-corrected chi connectivity index (χ4v) is 8.58. The number of guanidine groups is 2. The van der Waals surface area contributed by atoms with Gasteiger partial charge in [-0.05, 0) is 43.7 Å². The van der Waals surface area contributed by atoms with E-state index in [-0.39, 0.29) is 68.6 Å². The van der Waals surface area contributed by atoms with Gasteiger partial charge in [0.25, 0.3) is 0 Å². The third-order valence-corrected chi connectivity index (χ3v) is 12.0. The molecule has 2 aromatic carbocycles. The molecule has 1 fully saturated rings. The van der Waals surface area contributed by atoms with Crippen LogP contribution in [0.15, 0.2) is 70.6 Å². The normalized spacial score (nSPS) is 20.7. The second kappa shape index (κ2) is 27.6. The highest BCUT2D eigenvalue weighted by molar-refractivity contribution is 8.76. The molecule has 24 heteroatoms. The van der Waals surface area contributed by atoms with E-state index in [9.17, 15) is 43.5 Å². The third kappa shape index (κ3) is 19.8. The standard InChI is InChI=1S/C41H59N13O9S2/c1-23(48-34(57)27(49-24(2)55)15-9-17-46-40(42)43)33(56)53-31-21-64-65-22-32(39(62)63)54-37(60)30(20-26-13-7-4-8-14-26)52-36(59)29(19-25-11-5-3-6-12-25)51-35(58)28(50-38(31)61)16-10-18-47-41(44)45/h3-8,11-14,23,27-32H,9-10,15-22H2,1-2H3,(H,48,57)(H,49,55)(H,50,61)(H,51,58)(H,52,59)(H,53,56)(H,54,60)(H,62,63)(H4,42,43,46)(H4,44,45,47)/t23-,27-,28+,29-,30-,31-,32-/m0/s1. The second-order valence-electron chi connectivity index (χ2n) is 15.0. The summed E-state index contributed by atoms with van der Waals surface area (Å²) in [5.41, 5.74) is 23.1. The molecule has 354 valence electrons. The highest BCUT2D eigenvalue weighted by Crippen LogP contribution is 2.24. The van der Waals surface area contributed by atoms with Crippen LogP contribution in [0.3, 0.4) is 0 Å². The Hall–Kier alpha value is -6.56. The SMILES string of the molecule is CC(=O)N[C@@H](CCCN=C(N)N)C(=O)N[C@@H](C)C(=O)N[C@H]1CSSC[C@@H](C(=O)O)NC(=O)[C@H](Cc2ccccc2)NC(=O)[C@H](Cc2ccccc2)NC(=O)[C@@H](CCCN=C(N)N)NC1=O. The van der Waals surface area contributed by atoms with Gasteiger partial charge in [0, 0.05) is 44.4 Å². The lowest BCUT2D eigenvalue weighted by molar-refractivity contribution is -0.141. The number of nitrogens with two attached hydrogens (primary N) is 4. The first-order valence-electron chi connectivity index (χ1n) is 20.7. The maximum Gasteiger partial charge on any atom is 0.327 e.